The van der Waals surface area contributed by atoms with Crippen LogP contribution in [0.5, 0.6) is 11.5 Å². The second-order valence-corrected chi connectivity index (χ2v) is 6.55. The Labute approximate surface area is 155 Å². The standard InChI is InChI=1S/C19H21BrFNO3/c1-22(12-14-11-15(20)8-9-16(14)21)18(23)10-7-13-5-4-6-17(24-2)19(13)25-3/h4-6,8-9,11H,7,10,12H2,1-3H3. The summed E-state index contributed by atoms with van der Waals surface area (Å²) in [4.78, 5) is 13.9. The summed E-state index contributed by atoms with van der Waals surface area (Å²) in [5.41, 5.74) is 1.38. The van der Waals surface area contributed by atoms with Crippen LogP contribution in [0.25, 0.3) is 0 Å². The normalized spacial score (nSPS) is 10.4. The fraction of sp³-hybridized carbons (Fsp3) is 0.316. The molecule has 0 N–H and O–H groups in total. The van der Waals surface area contributed by atoms with Gasteiger partial charge < -0.3 is 14.4 Å². The average Bonchev–Trinajstić information content (AvgIpc) is 2.61. The topological polar surface area (TPSA) is 38.8 Å². The van der Waals surface area contributed by atoms with E-state index < -0.39 is 0 Å². The van der Waals surface area contributed by atoms with E-state index in [4.69, 9.17) is 9.47 Å². The van der Waals surface area contributed by atoms with Gasteiger partial charge in [0.2, 0.25) is 5.91 Å². The van der Waals surface area contributed by atoms with Gasteiger partial charge in [-0.2, -0.15) is 0 Å². The van der Waals surface area contributed by atoms with E-state index in [2.05, 4.69) is 15.9 Å². The molecule has 2 aromatic carbocycles. The first kappa shape index (κ1) is 19.2. The van der Waals surface area contributed by atoms with Crippen LogP contribution in [0.3, 0.4) is 0 Å². The first-order chi connectivity index (χ1) is 12.0. The molecule has 25 heavy (non-hydrogen) atoms. The molecule has 1 amide bonds. The Bertz CT molecular complexity index is 751. The predicted octanol–water partition coefficient (Wildman–Crippen LogP) is 4.20. The number of carbonyl (C=O) groups excluding carboxylic acids is 1. The maximum atomic E-state index is 13.8. The van der Waals surface area contributed by atoms with Crippen LogP contribution in [-0.2, 0) is 17.8 Å². The van der Waals surface area contributed by atoms with Crippen molar-refractivity contribution in [1.29, 1.82) is 0 Å². The third-order valence-corrected chi connectivity index (χ3v) is 4.43. The van der Waals surface area contributed by atoms with Crippen LogP contribution >= 0.6 is 15.9 Å². The van der Waals surface area contributed by atoms with Crippen LogP contribution in [0.2, 0.25) is 0 Å². The lowest BCUT2D eigenvalue weighted by Crippen LogP contribution is -2.26. The number of methoxy groups -OCH3 is 2. The lowest BCUT2D eigenvalue weighted by Gasteiger charge is -2.18. The molecule has 0 aliphatic rings. The second-order valence-electron chi connectivity index (χ2n) is 5.64. The molecule has 0 spiro atoms. The Morgan fingerprint density at radius 1 is 1.16 bits per heavy atom. The van der Waals surface area contributed by atoms with Crippen LogP contribution < -0.4 is 9.47 Å². The lowest BCUT2D eigenvalue weighted by molar-refractivity contribution is -0.130. The summed E-state index contributed by atoms with van der Waals surface area (Å²) in [5, 5.41) is 0. The number of para-hydroxylation sites is 1. The van der Waals surface area contributed by atoms with E-state index in [1.165, 1.54) is 11.0 Å². The number of aryl methyl sites for hydroxylation is 1. The summed E-state index contributed by atoms with van der Waals surface area (Å²) in [6.45, 7) is 0.222. The number of ether oxygens (including phenoxy) is 2. The molecule has 2 rings (SSSR count). The summed E-state index contributed by atoms with van der Waals surface area (Å²) in [7, 11) is 4.82. The van der Waals surface area contributed by atoms with Gasteiger partial charge in [-0.25, -0.2) is 4.39 Å². The van der Waals surface area contributed by atoms with Crippen LogP contribution in [0.1, 0.15) is 17.5 Å². The molecular weight excluding hydrogens is 389 g/mol. The number of nitrogens with zero attached hydrogens (tertiary/aromatic N) is 1. The summed E-state index contributed by atoms with van der Waals surface area (Å²) in [6, 6.07) is 10.3. The molecule has 0 unspecified atom stereocenters. The van der Waals surface area contributed by atoms with Crippen LogP contribution in [0.15, 0.2) is 40.9 Å². The largest absolute Gasteiger partial charge is 0.493 e. The number of hydrogen-bond donors (Lipinski definition) is 0. The number of hydrogen-bond acceptors (Lipinski definition) is 3. The molecule has 0 saturated heterocycles. The molecular formula is C19H21BrFNO3. The first-order valence-electron chi connectivity index (χ1n) is 7.84. The van der Waals surface area contributed by atoms with Gasteiger partial charge in [0.1, 0.15) is 5.82 Å². The highest BCUT2D eigenvalue weighted by molar-refractivity contribution is 9.10. The van der Waals surface area contributed by atoms with Gasteiger partial charge in [0.05, 0.1) is 14.2 Å². The van der Waals surface area contributed by atoms with Crippen molar-refractivity contribution in [3.63, 3.8) is 0 Å². The Hall–Kier alpha value is -2.08. The molecule has 0 radical (unpaired) electrons. The summed E-state index contributed by atoms with van der Waals surface area (Å²) >= 11 is 3.32. The average molecular weight is 410 g/mol. The number of halogens is 2. The molecule has 0 aromatic heterocycles. The van der Waals surface area contributed by atoms with Crippen LogP contribution in [-0.4, -0.2) is 32.1 Å². The van der Waals surface area contributed by atoms with Gasteiger partial charge in [-0.15, -0.1) is 0 Å². The fourth-order valence-corrected chi connectivity index (χ4v) is 3.00. The maximum absolute atomic E-state index is 13.8. The molecule has 0 bridgehead atoms. The third-order valence-electron chi connectivity index (χ3n) is 3.93. The second kappa shape index (κ2) is 8.85. The molecule has 0 atom stereocenters. The van der Waals surface area contributed by atoms with Crippen molar-refractivity contribution in [2.24, 2.45) is 0 Å². The van der Waals surface area contributed by atoms with Gasteiger partial charge in [0, 0.05) is 30.0 Å². The van der Waals surface area contributed by atoms with E-state index in [9.17, 15) is 9.18 Å². The van der Waals surface area contributed by atoms with Crippen LogP contribution in [0.4, 0.5) is 4.39 Å². The maximum Gasteiger partial charge on any atom is 0.222 e. The molecule has 134 valence electrons. The van der Waals surface area contributed by atoms with Gasteiger partial charge in [0.15, 0.2) is 11.5 Å². The summed E-state index contributed by atoms with van der Waals surface area (Å²) < 4.78 is 25.3. The smallest absolute Gasteiger partial charge is 0.222 e. The zero-order chi connectivity index (χ0) is 18.4. The van der Waals surface area contributed by atoms with Gasteiger partial charge in [-0.05, 0) is 36.2 Å². The Morgan fingerprint density at radius 2 is 1.92 bits per heavy atom. The van der Waals surface area contributed by atoms with E-state index in [-0.39, 0.29) is 18.3 Å². The van der Waals surface area contributed by atoms with Crippen LogP contribution in [0, 0.1) is 5.82 Å². The van der Waals surface area contributed by atoms with Gasteiger partial charge >= 0.3 is 0 Å². The van der Waals surface area contributed by atoms with E-state index >= 15 is 0 Å². The van der Waals surface area contributed by atoms with Gasteiger partial charge in [-0.3, -0.25) is 4.79 Å². The minimum atomic E-state index is -0.322. The highest BCUT2D eigenvalue weighted by Crippen LogP contribution is 2.31. The summed E-state index contributed by atoms with van der Waals surface area (Å²) in [6.07, 6.45) is 0.820. The quantitative estimate of drug-likeness (QED) is 0.687. The predicted molar refractivity (Wildman–Crippen MR) is 98.4 cm³/mol. The molecule has 0 aliphatic carbocycles. The molecule has 6 heteroatoms. The van der Waals surface area contributed by atoms with E-state index in [0.29, 0.717) is 29.9 Å². The van der Waals surface area contributed by atoms with Gasteiger partial charge in [0.25, 0.3) is 0 Å². The Balaban J connectivity index is 2.01. The number of carbonyl (C=O) groups is 1. The highest BCUT2D eigenvalue weighted by atomic mass is 79.9. The fourth-order valence-electron chi connectivity index (χ4n) is 2.59. The van der Waals surface area contributed by atoms with Crippen molar-refractivity contribution in [2.75, 3.05) is 21.3 Å². The molecule has 0 heterocycles. The van der Waals surface area contributed by atoms with Crippen molar-refractivity contribution >= 4 is 21.8 Å². The lowest BCUT2D eigenvalue weighted by atomic mass is 10.1. The zero-order valence-electron chi connectivity index (χ0n) is 14.5. The molecule has 0 aliphatic heterocycles. The monoisotopic (exact) mass is 409 g/mol. The number of rotatable bonds is 7. The van der Waals surface area contributed by atoms with Crippen molar-refractivity contribution < 1.29 is 18.7 Å². The molecule has 4 nitrogen and oxygen atoms in total. The number of benzene rings is 2. The van der Waals surface area contributed by atoms with Crippen molar-refractivity contribution in [2.45, 2.75) is 19.4 Å². The Kier molecular flexibility index (Phi) is 6.82. The third kappa shape index (κ3) is 4.95. The number of amides is 1. The zero-order valence-corrected chi connectivity index (χ0v) is 16.1. The first-order valence-corrected chi connectivity index (χ1v) is 8.63. The summed E-state index contributed by atoms with van der Waals surface area (Å²) in [5.74, 6) is 0.886. The minimum Gasteiger partial charge on any atom is -0.493 e. The van der Waals surface area contributed by atoms with E-state index in [0.717, 1.165) is 10.0 Å². The van der Waals surface area contributed by atoms with Crippen molar-refractivity contribution in [3.8, 4) is 11.5 Å². The minimum absolute atomic E-state index is 0.0655. The molecule has 0 fully saturated rings. The van der Waals surface area contributed by atoms with E-state index in [1.54, 1.807) is 33.4 Å². The highest BCUT2D eigenvalue weighted by Gasteiger charge is 2.15. The molecule has 2 aromatic rings. The van der Waals surface area contributed by atoms with E-state index in [1.807, 2.05) is 18.2 Å². The SMILES string of the molecule is COc1cccc(CCC(=O)N(C)Cc2cc(Br)ccc2F)c1OC. The van der Waals surface area contributed by atoms with Gasteiger partial charge in [-0.1, -0.05) is 28.1 Å². The van der Waals surface area contributed by atoms with Crippen molar-refractivity contribution in [1.82, 2.24) is 4.90 Å². The Morgan fingerprint density at radius 3 is 2.60 bits per heavy atom. The molecule has 0 saturated carbocycles. The van der Waals surface area contributed by atoms with Crippen molar-refractivity contribution in [3.05, 3.63) is 57.8 Å².